The second kappa shape index (κ2) is 7.17. The molecule has 0 atom stereocenters. The molecule has 0 saturated heterocycles. The molecule has 0 aromatic carbocycles. The van der Waals surface area contributed by atoms with Crippen LogP contribution in [0.3, 0.4) is 0 Å². The Hall–Kier alpha value is -0.226. The third-order valence-corrected chi connectivity index (χ3v) is 5.71. The third kappa shape index (κ3) is 13.8. The van der Waals surface area contributed by atoms with Gasteiger partial charge < -0.3 is 0 Å². The maximum Gasteiger partial charge on any atom is 0.0461 e. The summed E-state index contributed by atoms with van der Waals surface area (Å²) >= 11 is 0. The number of hydrogen-bond acceptors (Lipinski definition) is 2. The lowest BCUT2D eigenvalue weighted by Crippen LogP contribution is -2.20. The van der Waals surface area contributed by atoms with Gasteiger partial charge in [0.15, 0.2) is 0 Å². The van der Waals surface area contributed by atoms with Crippen LogP contribution in [0.15, 0.2) is 9.98 Å². The maximum atomic E-state index is 4.36. The fourth-order valence-corrected chi connectivity index (χ4v) is 2.64. The Kier molecular flexibility index (Phi) is 7.07. The molecule has 0 spiro atoms. The van der Waals surface area contributed by atoms with Crippen LogP contribution < -0.4 is 0 Å². The van der Waals surface area contributed by atoms with Crippen molar-refractivity contribution in [3.05, 3.63) is 0 Å². The lowest BCUT2D eigenvalue weighted by atomic mass is 10.7. The van der Waals surface area contributed by atoms with E-state index in [2.05, 4.69) is 49.3 Å². The molecule has 0 saturated carbocycles. The van der Waals surface area contributed by atoms with Crippen molar-refractivity contribution < 1.29 is 0 Å². The SMILES string of the molecule is C[Si](C)(C)CCN=CC=NCC[Si](C)(C)C. The fourth-order valence-electron chi connectivity index (χ4n) is 1.04. The average molecular weight is 257 g/mol. The van der Waals surface area contributed by atoms with Crippen molar-refractivity contribution in [2.45, 2.75) is 51.4 Å². The van der Waals surface area contributed by atoms with Crippen molar-refractivity contribution in [1.29, 1.82) is 0 Å². The van der Waals surface area contributed by atoms with Crippen LogP contribution in [-0.2, 0) is 0 Å². The minimum Gasteiger partial charge on any atom is -0.292 e. The van der Waals surface area contributed by atoms with E-state index in [-0.39, 0.29) is 0 Å². The Morgan fingerprint density at radius 3 is 1.25 bits per heavy atom. The second-order valence-electron chi connectivity index (χ2n) is 6.73. The molecule has 0 rings (SSSR count). The van der Waals surface area contributed by atoms with Crippen LogP contribution in [0.2, 0.25) is 51.4 Å². The lowest BCUT2D eigenvalue weighted by Gasteiger charge is -2.13. The van der Waals surface area contributed by atoms with Gasteiger partial charge in [-0.3, -0.25) is 9.98 Å². The van der Waals surface area contributed by atoms with Crippen LogP contribution >= 0.6 is 0 Å². The van der Waals surface area contributed by atoms with E-state index in [1.165, 1.54) is 12.1 Å². The van der Waals surface area contributed by atoms with Gasteiger partial charge in [0.1, 0.15) is 0 Å². The summed E-state index contributed by atoms with van der Waals surface area (Å²) in [5.41, 5.74) is 0. The number of aliphatic imine (C=N–C) groups is 2. The quantitative estimate of drug-likeness (QED) is 0.489. The highest BCUT2D eigenvalue weighted by Crippen LogP contribution is 2.07. The van der Waals surface area contributed by atoms with Gasteiger partial charge in [0.05, 0.1) is 0 Å². The van der Waals surface area contributed by atoms with Gasteiger partial charge in [-0.2, -0.15) is 0 Å². The van der Waals surface area contributed by atoms with E-state index < -0.39 is 16.1 Å². The largest absolute Gasteiger partial charge is 0.292 e. The van der Waals surface area contributed by atoms with Crippen molar-refractivity contribution in [3.63, 3.8) is 0 Å². The van der Waals surface area contributed by atoms with E-state index >= 15 is 0 Å². The Morgan fingerprint density at radius 1 is 0.688 bits per heavy atom. The predicted molar refractivity (Wildman–Crippen MR) is 83.0 cm³/mol. The molecule has 2 nitrogen and oxygen atoms in total. The smallest absolute Gasteiger partial charge is 0.0461 e. The second-order valence-corrected chi connectivity index (χ2v) is 18.0. The minimum atomic E-state index is -0.910. The van der Waals surface area contributed by atoms with Gasteiger partial charge in [0.2, 0.25) is 0 Å². The maximum absolute atomic E-state index is 4.36. The molecule has 0 aliphatic carbocycles. The molecule has 0 fully saturated rings. The molecule has 4 heteroatoms. The van der Waals surface area contributed by atoms with Crippen LogP contribution in [-0.4, -0.2) is 41.7 Å². The molecule has 94 valence electrons. The number of hydrogen-bond donors (Lipinski definition) is 0. The van der Waals surface area contributed by atoms with E-state index in [1.807, 2.05) is 12.4 Å². The molecule has 0 aliphatic rings. The van der Waals surface area contributed by atoms with Crippen molar-refractivity contribution in [2.24, 2.45) is 9.98 Å². The number of rotatable bonds is 7. The van der Waals surface area contributed by atoms with Gasteiger partial charge in [-0.25, -0.2) is 0 Å². The van der Waals surface area contributed by atoms with Gasteiger partial charge in [0.25, 0.3) is 0 Å². The van der Waals surface area contributed by atoms with E-state index in [0.717, 1.165) is 13.1 Å². The van der Waals surface area contributed by atoms with Gasteiger partial charge >= 0.3 is 0 Å². The Labute approximate surface area is 103 Å². The molecule has 0 radical (unpaired) electrons. The van der Waals surface area contributed by atoms with Crippen molar-refractivity contribution in [1.82, 2.24) is 0 Å². The summed E-state index contributed by atoms with van der Waals surface area (Å²) in [7, 11) is -1.82. The Bertz CT molecular complexity index is 208. The summed E-state index contributed by atoms with van der Waals surface area (Å²) in [6, 6.07) is 2.54. The average Bonchev–Trinajstić information content (AvgIpc) is 2.06. The first kappa shape index (κ1) is 15.8. The monoisotopic (exact) mass is 256 g/mol. The molecule has 0 bridgehead atoms. The molecule has 0 N–H and O–H groups in total. The molecular weight excluding hydrogens is 228 g/mol. The Morgan fingerprint density at radius 2 is 1.00 bits per heavy atom. The van der Waals surface area contributed by atoms with E-state index in [4.69, 9.17) is 0 Å². The zero-order chi connectivity index (χ0) is 12.7. The summed E-state index contributed by atoms with van der Waals surface area (Å²) in [5, 5.41) is 0. The zero-order valence-electron chi connectivity index (χ0n) is 11.9. The fraction of sp³-hybridized carbons (Fsp3) is 0.833. The lowest BCUT2D eigenvalue weighted by molar-refractivity contribution is 1.09. The summed E-state index contributed by atoms with van der Waals surface area (Å²) in [5.74, 6) is 0. The summed E-state index contributed by atoms with van der Waals surface area (Å²) in [6.07, 6.45) is 3.73. The summed E-state index contributed by atoms with van der Waals surface area (Å²) < 4.78 is 0. The highest BCUT2D eigenvalue weighted by molar-refractivity contribution is 6.76. The minimum absolute atomic E-state index is 0.910. The zero-order valence-corrected chi connectivity index (χ0v) is 13.9. The Balaban J connectivity index is 3.57. The highest BCUT2D eigenvalue weighted by atomic mass is 28.3. The van der Waals surface area contributed by atoms with Crippen LogP contribution in [0.5, 0.6) is 0 Å². The topological polar surface area (TPSA) is 24.7 Å². The molecule has 0 aromatic heterocycles. The molecule has 0 aliphatic heterocycles. The molecule has 16 heavy (non-hydrogen) atoms. The highest BCUT2D eigenvalue weighted by Gasteiger charge is 2.11. The van der Waals surface area contributed by atoms with Crippen molar-refractivity contribution in [3.8, 4) is 0 Å². The van der Waals surface area contributed by atoms with Gasteiger partial charge in [-0.1, -0.05) is 39.3 Å². The molecule has 0 heterocycles. The van der Waals surface area contributed by atoms with E-state index in [1.54, 1.807) is 0 Å². The molecule has 0 aromatic rings. The summed E-state index contributed by atoms with van der Waals surface area (Å²) in [6.45, 7) is 16.2. The summed E-state index contributed by atoms with van der Waals surface area (Å²) in [4.78, 5) is 8.72. The van der Waals surface area contributed by atoms with Gasteiger partial charge in [-0.05, 0) is 12.1 Å². The first-order valence-electron chi connectivity index (χ1n) is 6.19. The van der Waals surface area contributed by atoms with Crippen LogP contribution in [0.25, 0.3) is 0 Å². The van der Waals surface area contributed by atoms with Crippen LogP contribution in [0.1, 0.15) is 0 Å². The third-order valence-electron chi connectivity index (χ3n) is 2.26. The van der Waals surface area contributed by atoms with Crippen LogP contribution in [0, 0.1) is 0 Å². The van der Waals surface area contributed by atoms with Crippen molar-refractivity contribution >= 4 is 28.6 Å². The van der Waals surface area contributed by atoms with E-state index in [9.17, 15) is 0 Å². The number of nitrogens with zero attached hydrogens (tertiary/aromatic N) is 2. The van der Waals surface area contributed by atoms with Gasteiger partial charge in [0, 0.05) is 41.7 Å². The molecule has 0 amide bonds. The standard InChI is InChI=1S/C12H28N2Si2/c1-15(2,3)11-9-13-7-8-14-10-12-16(4,5)6/h7-8H,9-12H2,1-6H3. The molecule has 0 unspecified atom stereocenters. The predicted octanol–water partition coefficient (Wildman–Crippen LogP) is 3.80. The molecular formula is C12H28N2Si2. The first-order valence-corrected chi connectivity index (χ1v) is 13.6. The normalized spacial score (nSPS) is 14.1. The van der Waals surface area contributed by atoms with Crippen LogP contribution in [0.4, 0.5) is 0 Å². The van der Waals surface area contributed by atoms with E-state index in [0.29, 0.717) is 0 Å². The van der Waals surface area contributed by atoms with Crippen molar-refractivity contribution in [2.75, 3.05) is 13.1 Å². The first-order chi connectivity index (χ1) is 7.21. The van der Waals surface area contributed by atoms with Gasteiger partial charge in [-0.15, -0.1) is 0 Å².